The minimum Gasteiger partial charge on any atom is -0.497 e. The molecule has 9 heteroatoms. The van der Waals surface area contributed by atoms with Crippen molar-refractivity contribution in [2.24, 2.45) is 0 Å². The number of amides is 3. The van der Waals surface area contributed by atoms with E-state index in [1.165, 1.54) is 23.5 Å². The lowest BCUT2D eigenvalue weighted by molar-refractivity contribution is -0.142. The van der Waals surface area contributed by atoms with Crippen LogP contribution < -0.4 is 15.4 Å². The molecule has 190 valence electrons. The van der Waals surface area contributed by atoms with Crippen molar-refractivity contribution in [2.45, 2.75) is 50.7 Å². The lowest BCUT2D eigenvalue weighted by atomic mass is 9.95. The molecule has 1 aliphatic rings. The maximum atomic E-state index is 13.6. The van der Waals surface area contributed by atoms with Gasteiger partial charge in [0.05, 0.1) is 26.2 Å². The number of hydrogen-bond donors (Lipinski definition) is 2. The van der Waals surface area contributed by atoms with Gasteiger partial charge in [-0.25, -0.2) is 0 Å². The number of rotatable bonds is 10. The number of nitrogens with one attached hydrogen (secondary N) is 2. The molecular weight excluding hydrogens is 462 g/mol. The molecule has 1 saturated carbocycles. The molecule has 4 rings (SSSR count). The molecule has 0 spiro atoms. The van der Waals surface area contributed by atoms with Gasteiger partial charge in [0.25, 0.3) is 11.8 Å². The summed E-state index contributed by atoms with van der Waals surface area (Å²) in [5, 5.41) is 5.70. The molecule has 1 aromatic carbocycles. The summed E-state index contributed by atoms with van der Waals surface area (Å²) in [6, 6.07) is 12.8. The Morgan fingerprint density at radius 2 is 1.72 bits per heavy atom. The first-order valence-electron chi connectivity index (χ1n) is 12.1. The molecule has 2 aromatic heterocycles. The first-order valence-corrected chi connectivity index (χ1v) is 12.1. The van der Waals surface area contributed by atoms with Gasteiger partial charge >= 0.3 is 0 Å². The summed E-state index contributed by atoms with van der Waals surface area (Å²) >= 11 is 0. The molecule has 36 heavy (non-hydrogen) atoms. The fourth-order valence-corrected chi connectivity index (χ4v) is 4.40. The van der Waals surface area contributed by atoms with Gasteiger partial charge in [0.2, 0.25) is 5.91 Å². The van der Waals surface area contributed by atoms with Crippen molar-refractivity contribution < 1.29 is 28.0 Å². The molecule has 1 aliphatic carbocycles. The van der Waals surface area contributed by atoms with Crippen LogP contribution in [0.5, 0.6) is 5.75 Å². The molecule has 3 amide bonds. The molecular formula is C27H31N3O6. The van der Waals surface area contributed by atoms with Gasteiger partial charge in [0, 0.05) is 12.6 Å². The molecule has 0 bridgehead atoms. The molecule has 2 N–H and O–H groups in total. The third kappa shape index (κ3) is 6.35. The zero-order valence-corrected chi connectivity index (χ0v) is 20.3. The fraction of sp³-hybridized carbons (Fsp3) is 0.370. The Hall–Kier alpha value is -4.01. The summed E-state index contributed by atoms with van der Waals surface area (Å²) < 4.78 is 16.0. The Labute approximate surface area is 209 Å². The number of carbonyl (C=O) groups excluding carboxylic acids is 3. The van der Waals surface area contributed by atoms with Crippen molar-refractivity contribution in [1.29, 1.82) is 0 Å². The van der Waals surface area contributed by atoms with Crippen LogP contribution in [0.3, 0.4) is 0 Å². The Kier molecular flexibility index (Phi) is 8.44. The second-order valence-corrected chi connectivity index (χ2v) is 8.79. The number of ether oxygens (including phenoxy) is 1. The van der Waals surface area contributed by atoms with Crippen LogP contribution in [0.15, 0.2) is 69.9 Å². The van der Waals surface area contributed by atoms with Gasteiger partial charge in [-0.2, -0.15) is 0 Å². The number of carbonyl (C=O) groups is 3. The second kappa shape index (κ2) is 12.1. The first-order chi connectivity index (χ1) is 17.5. The van der Waals surface area contributed by atoms with Crippen molar-refractivity contribution in [3.8, 4) is 5.75 Å². The van der Waals surface area contributed by atoms with Gasteiger partial charge in [-0.3, -0.25) is 14.4 Å². The van der Waals surface area contributed by atoms with Crippen molar-refractivity contribution in [1.82, 2.24) is 15.5 Å². The number of benzene rings is 1. The molecule has 0 radical (unpaired) electrons. The predicted molar refractivity (Wildman–Crippen MR) is 131 cm³/mol. The SMILES string of the molecule is COc1ccc(CN(C(=O)CNC(=O)c2ccco2)[C@@H](C(=O)NC2CCCCC2)c2ccco2)cc1. The minimum atomic E-state index is -1.00. The van der Waals surface area contributed by atoms with E-state index in [-0.39, 0.29) is 30.8 Å². The average Bonchev–Trinajstić information content (AvgIpc) is 3.63. The summed E-state index contributed by atoms with van der Waals surface area (Å²) in [4.78, 5) is 40.9. The molecule has 0 unspecified atom stereocenters. The van der Waals surface area contributed by atoms with Gasteiger partial charge in [0.1, 0.15) is 11.5 Å². The lowest BCUT2D eigenvalue weighted by Crippen LogP contribution is -2.49. The van der Waals surface area contributed by atoms with Crippen molar-refractivity contribution in [3.63, 3.8) is 0 Å². The first kappa shape index (κ1) is 25.1. The van der Waals surface area contributed by atoms with E-state index < -0.39 is 17.9 Å². The normalized spacial score (nSPS) is 14.6. The maximum Gasteiger partial charge on any atom is 0.287 e. The zero-order valence-electron chi connectivity index (χ0n) is 20.3. The van der Waals surface area contributed by atoms with Gasteiger partial charge in [-0.1, -0.05) is 31.4 Å². The van der Waals surface area contributed by atoms with E-state index in [2.05, 4.69) is 10.6 Å². The van der Waals surface area contributed by atoms with E-state index in [0.717, 1.165) is 37.7 Å². The quantitative estimate of drug-likeness (QED) is 0.444. The second-order valence-electron chi connectivity index (χ2n) is 8.79. The summed E-state index contributed by atoms with van der Waals surface area (Å²) in [6.07, 6.45) is 7.95. The van der Waals surface area contributed by atoms with Crippen LogP contribution in [0, 0.1) is 0 Å². The van der Waals surface area contributed by atoms with Crippen LogP contribution in [0.2, 0.25) is 0 Å². The van der Waals surface area contributed by atoms with Crippen molar-refractivity contribution in [3.05, 3.63) is 78.1 Å². The Morgan fingerprint density at radius 1 is 1.00 bits per heavy atom. The number of furan rings is 2. The highest BCUT2D eigenvalue weighted by atomic mass is 16.5. The van der Waals surface area contributed by atoms with Crippen molar-refractivity contribution in [2.75, 3.05) is 13.7 Å². The van der Waals surface area contributed by atoms with E-state index in [1.807, 2.05) is 12.1 Å². The van der Waals surface area contributed by atoms with Crippen LogP contribution in [-0.4, -0.2) is 42.3 Å². The Morgan fingerprint density at radius 3 is 2.36 bits per heavy atom. The van der Waals surface area contributed by atoms with Gasteiger partial charge in [-0.05, 0) is 54.8 Å². The van der Waals surface area contributed by atoms with E-state index in [4.69, 9.17) is 13.6 Å². The third-order valence-corrected chi connectivity index (χ3v) is 6.30. The number of nitrogens with zero attached hydrogens (tertiary/aromatic N) is 1. The van der Waals surface area contributed by atoms with Gasteiger partial charge < -0.3 is 29.1 Å². The summed E-state index contributed by atoms with van der Waals surface area (Å²) in [6.45, 7) is -0.188. The molecule has 0 aliphatic heterocycles. The third-order valence-electron chi connectivity index (χ3n) is 6.30. The highest BCUT2D eigenvalue weighted by Crippen LogP contribution is 2.26. The number of hydrogen-bond acceptors (Lipinski definition) is 6. The predicted octanol–water partition coefficient (Wildman–Crippen LogP) is 3.83. The Bertz CT molecular complexity index is 1120. The van der Waals surface area contributed by atoms with E-state index in [1.54, 1.807) is 37.4 Å². The van der Waals surface area contributed by atoms with Crippen LogP contribution in [-0.2, 0) is 16.1 Å². The highest BCUT2D eigenvalue weighted by Gasteiger charge is 2.35. The molecule has 9 nitrogen and oxygen atoms in total. The zero-order chi connectivity index (χ0) is 25.3. The molecule has 2 heterocycles. The summed E-state index contributed by atoms with van der Waals surface area (Å²) in [7, 11) is 1.58. The van der Waals surface area contributed by atoms with Gasteiger partial charge in [0.15, 0.2) is 11.8 Å². The lowest BCUT2D eigenvalue weighted by Gasteiger charge is -2.32. The molecule has 1 fully saturated rings. The molecule has 3 aromatic rings. The summed E-state index contributed by atoms with van der Waals surface area (Å²) in [5.41, 5.74) is 0.795. The van der Waals surface area contributed by atoms with Crippen LogP contribution in [0.4, 0.5) is 0 Å². The standard InChI is InChI=1S/C27H31N3O6/c1-34-21-13-11-19(12-14-21)18-30(24(31)17-28-26(32)23-10-6-16-36-23)25(22-9-5-15-35-22)27(33)29-20-7-3-2-4-8-20/h5-6,9-16,20,25H,2-4,7-8,17-18H2,1H3,(H,28,32)(H,29,33)/t25-/m1/s1. The monoisotopic (exact) mass is 493 g/mol. The maximum absolute atomic E-state index is 13.6. The topological polar surface area (TPSA) is 114 Å². The largest absolute Gasteiger partial charge is 0.497 e. The molecule has 1 atom stereocenters. The van der Waals surface area contributed by atoms with Gasteiger partial charge in [-0.15, -0.1) is 0 Å². The van der Waals surface area contributed by atoms with E-state index >= 15 is 0 Å². The van der Waals surface area contributed by atoms with Crippen LogP contribution >= 0.6 is 0 Å². The smallest absolute Gasteiger partial charge is 0.287 e. The van der Waals surface area contributed by atoms with Crippen molar-refractivity contribution >= 4 is 17.7 Å². The van der Waals surface area contributed by atoms with E-state index in [0.29, 0.717) is 11.5 Å². The van der Waals surface area contributed by atoms with Crippen LogP contribution in [0.1, 0.15) is 60.0 Å². The molecule has 0 saturated heterocycles. The average molecular weight is 494 g/mol. The van der Waals surface area contributed by atoms with E-state index in [9.17, 15) is 14.4 Å². The Balaban J connectivity index is 1.58. The fourth-order valence-electron chi connectivity index (χ4n) is 4.40. The minimum absolute atomic E-state index is 0.0558. The van der Waals surface area contributed by atoms with Crippen LogP contribution in [0.25, 0.3) is 0 Å². The summed E-state index contributed by atoms with van der Waals surface area (Å²) in [5.74, 6) is -0.134. The number of methoxy groups -OCH3 is 1. The highest BCUT2D eigenvalue weighted by molar-refractivity contribution is 5.95.